The highest BCUT2D eigenvalue weighted by atomic mass is 16.3. The molecular formula is C19H16N2O3. The van der Waals surface area contributed by atoms with E-state index >= 15 is 0 Å². The minimum Gasteiger partial charge on any atom is -0.507 e. The van der Waals surface area contributed by atoms with Crippen molar-refractivity contribution in [3.8, 4) is 5.75 Å². The Bertz CT molecular complexity index is 854. The summed E-state index contributed by atoms with van der Waals surface area (Å²) in [5, 5.41) is 14.8. The number of nitrogens with zero attached hydrogens (tertiary/aromatic N) is 2. The van der Waals surface area contributed by atoms with Gasteiger partial charge in [-0.1, -0.05) is 48.5 Å². The lowest BCUT2D eigenvalue weighted by atomic mass is 10.1. The van der Waals surface area contributed by atoms with Crippen molar-refractivity contribution in [3.05, 3.63) is 71.3 Å². The Balaban J connectivity index is 1.83. The Kier molecular flexibility index (Phi) is 4.24. The maximum atomic E-state index is 12.5. The summed E-state index contributed by atoms with van der Waals surface area (Å²) in [5.74, 6) is -0.789. The molecule has 2 aromatic carbocycles. The summed E-state index contributed by atoms with van der Waals surface area (Å²) >= 11 is 0. The summed E-state index contributed by atoms with van der Waals surface area (Å²) in [6.45, 7) is 1.67. The van der Waals surface area contributed by atoms with Crippen LogP contribution >= 0.6 is 0 Å². The number of carbonyl (C=O) groups excluding carboxylic acids is 2. The molecule has 0 radical (unpaired) electrons. The minimum atomic E-state index is -0.475. The standard InChI is InChI=1S/C19H16N2O3/c1-13-16(12-15-9-5-6-10-17(15)22)19(24)21(20-13)18(23)11-14-7-3-2-4-8-14/h2-10,12,22H,11H2,1H3/b16-12+. The van der Waals surface area contributed by atoms with Crippen molar-refractivity contribution in [3.63, 3.8) is 0 Å². The third-order valence-corrected chi connectivity index (χ3v) is 3.73. The van der Waals surface area contributed by atoms with Crippen LogP contribution < -0.4 is 0 Å². The van der Waals surface area contributed by atoms with Gasteiger partial charge in [0.05, 0.1) is 17.7 Å². The molecule has 0 bridgehead atoms. The van der Waals surface area contributed by atoms with Gasteiger partial charge in [-0.25, -0.2) is 0 Å². The van der Waals surface area contributed by atoms with E-state index in [0.717, 1.165) is 10.6 Å². The third kappa shape index (κ3) is 3.10. The molecule has 1 aliphatic heterocycles. The average molecular weight is 320 g/mol. The predicted octanol–water partition coefficient (Wildman–Crippen LogP) is 2.76. The summed E-state index contributed by atoms with van der Waals surface area (Å²) in [4.78, 5) is 24.9. The summed E-state index contributed by atoms with van der Waals surface area (Å²) in [6.07, 6.45) is 1.65. The second kappa shape index (κ2) is 6.50. The number of rotatable bonds is 3. The van der Waals surface area contributed by atoms with Gasteiger partial charge in [0.15, 0.2) is 0 Å². The lowest BCUT2D eigenvalue weighted by molar-refractivity contribution is -0.141. The molecule has 2 aromatic rings. The monoisotopic (exact) mass is 320 g/mol. The molecule has 2 amide bonds. The van der Waals surface area contributed by atoms with Crippen LogP contribution in [0.4, 0.5) is 0 Å². The number of amides is 2. The number of imide groups is 1. The van der Waals surface area contributed by atoms with Gasteiger partial charge in [-0.2, -0.15) is 10.1 Å². The minimum absolute atomic E-state index is 0.0691. The molecule has 0 fully saturated rings. The van der Waals surface area contributed by atoms with Gasteiger partial charge >= 0.3 is 0 Å². The van der Waals surface area contributed by atoms with E-state index in [4.69, 9.17) is 0 Å². The number of benzene rings is 2. The van der Waals surface area contributed by atoms with Crippen molar-refractivity contribution < 1.29 is 14.7 Å². The fourth-order valence-electron chi connectivity index (χ4n) is 2.46. The van der Waals surface area contributed by atoms with Crippen LogP contribution in [0.3, 0.4) is 0 Å². The molecule has 0 saturated carbocycles. The molecule has 0 aliphatic carbocycles. The number of aromatic hydroxyl groups is 1. The highest BCUT2D eigenvalue weighted by Crippen LogP contribution is 2.23. The number of hydrogen-bond acceptors (Lipinski definition) is 4. The molecule has 5 heteroatoms. The van der Waals surface area contributed by atoms with E-state index in [0.29, 0.717) is 16.8 Å². The van der Waals surface area contributed by atoms with Gasteiger partial charge in [0.1, 0.15) is 5.75 Å². The maximum Gasteiger partial charge on any atom is 0.283 e. The largest absolute Gasteiger partial charge is 0.507 e. The molecule has 0 saturated heterocycles. The molecule has 120 valence electrons. The second-order valence-electron chi connectivity index (χ2n) is 5.48. The van der Waals surface area contributed by atoms with Crippen molar-refractivity contribution in [2.24, 2.45) is 5.10 Å². The number of hydrogen-bond donors (Lipinski definition) is 1. The zero-order valence-electron chi connectivity index (χ0n) is 13.1. The molecule has 5 nitrogen and oxygen atoms in total. The zero-order valence-corrected chi connectivity index (χ0v) is 13.1. The Morgan fingerprint density at radius 1 is 1.12 bits per heavy atom. The molecule has 3 rings (SSSR count). The van der Waals surface area contributed by atoms with Gasteiger partial charge in [-0.3, -0.25) is 9.59 Å². The number of phenolic OH excluding ortho intramolecular Hbond substituents is 1. The molecule has 24 heavy (non-hydrogen) atoms. The second-order valence-corrected chi connectivity index (χ2v) is 5.48. The number of para-hydroxylation sites is 1. The van der Waals surface area contributed by atoms with Crippen LogP contribution in [0, 0.1) is 0 Å². The van der Waals surface area contributed by atoms with Crippen LogP contribution in [-0.2, 0) is 16.0 Å². The fraction of sp³-hybridized carbons (Fsp3) is 0.105. The normalized spacial score (nSPS) is 15.7. The maximum absolute atomic E-state index is 12.5. The molecule has 1 N–H and O–H groups in total. The Morgan fingerprint density at radius 2 is 1.79 bits per heavy atom. The summed E-state index contributed by atoms with van der Waals surface area (Å²) in [5.41, 5.74) is 2.08. The van der Waals surface area contributed by atoms with E-state index in [1.807, 2.05) is 30.3 Å². The molecule has 0 spiro atoms. The summed E-state index contributed by atoms with van der Waals surface area (Å²) in [6, 6.07) is 15.9. The van der Waals surface area contributed by atoms with E-state index in [1.165, 1.54) is 6.07 Å². The van der Waals surface area contributed by atoms with Crippen molar-refractivity contribution in [1.29, 1.82) is 0 Å². The van der Waals surface area contributed by atoms with E-state index in [2.05, 4.69) is 5.10 Å². The first-order valence-corrected chi connectivity index (χ1v) is 7.53. The highest BCUT2D eigenvalue weighted by Gasteiger charge is 2.32. The number of carbonyl (C=O) groups is 2. The predicted molar refractivity (Wildman–Crippen MR) is 91.2 cm³/mol. The first kappa shape index (κ1) is 15.7. The van der Waals surface area contributed by atoms with Crippen LogP contribution in [0.25, 0.3) is 6.08 Å². The van der Waals surface area contributed by atoms with Gasteiger partial charge in [-0.05, 0) is 24.6 Å². The fourth-order valence-corrected chi connectivity index (χ4v) is 2.46. The molecule has 1 heterocycles. The summed E-state index contributed by atoms with van der Waals surface area (Å²) in [7, 11) is 0. The molecule has 0 unspecified atom stereocenters. The SMILES string of the molecule is CC1=NN(C(=O)Cc2ccccc2)C(=O)/C1=C/c1ccccc1O. The van der Waals surface area contributed by atoms with Crippen molar-refractivity contribution in [1.82, 2.24) is 5.01 Å². The smallest absolute Gasteiger partial charge is 0.283 e. The lowest BCUT2D eigenvalue weighted by Crippen LogP contribution is -2.30. The van der Waals surface area contributed by atoms with Gasteiger partial charge < -0.3 is 5.11 Å². The highest BCUT2D eigenvalue weighted by molar-refractivity contribution is 6.29. The number of hydrazone groups is 1. The van der Waals surface area contributed by atoms with Crippen molar-refractivity contribution in [2.45, 2.75) is 13.3 Å². The molecule has 1 aliphatic rings. The van der Waals surface area contributed by atoms with Crippen LogP contribution in [-0.4, -0.2) is 27.6 Å². The van der Waals surface area contributed by atoms with Gasteiger partial charge in [0.25, 0.3) is 11.8 Å². The van der Waals surface area contributed by atoms with Gasteiger partial charge in [0, 0.05) is 5.56 Å². The van der Waals surface area contributed by atoms with E-state index in [-0.39, 0.29) is 18.1 Å². The van der Waals surface area contributed by atoms with Crippen molar-refractivity contribution in [2.75, 3.05) is 0 Å². The Labute approximate surface area is 139 Å². The topological polar surface area (TPSA) is 70.0 Å². The van der Waals surface area contributed by atoms with E-state index in [1.54, 1.807) is 31.2 Å². The van der Waals surface area contributed by atoms with Crippen LogP contribution in [0.1, 0.15) is 18.1 Å². The molecular weight excluding hydrogens is 304 g/mol. The quantitative estimate of drug-likeness (QED) is 0.884. The van der Waals surface area contributed by atoms with Gasteiger partial charge in [-0.15, -0.1) is 0 Å². The molecule has 0 aromatic heterocycles. The van der Waals surface area contributed by atoms with Gasteiger partial charge in [0.2, 0.25) is 0 Å². The first-order valence-electron chi connectivity index (χ1n) is 7.53. The Morgan fingerprint density at radius 3 is 2.50 bits per heavy atom. The summed E-state index contributed by atoms with van der Waals surface area (Å²) < 4.78 is 0. The molecule has 0 atom stereocenters. The van der Waals surface area contributed by atoms with E-state index in [9.17, 15) is 14.7 Å². The van der Waals surface area contributed by atoms with E-state index < -0.39 is 5.91 Å². The van der Waals surface area contributed by atoms with Crippen LogP contribution in [0.5, 0.6) is 5.75 Å². The van der Waals surface area contributed by atoms with Crippen LogP contribution in [0.2, 0.25) is 0 Å². The number of phenols is 1. The zero-order chi connectivity index (χ0) is 17.1. The first-order chi connectivity index (χ1) is 11.6. The van der Waals surface area contributed by atoms with Crippen molar-refractivity contribution >= 4 is 23.6 Å². The lowest BCUT2D eigenvalue weighted by Gasteiger charge is -2.09. The van der Waals surface area contributed by atoms with Crippen LogP contribution in [0.15, 0.2) is 65.3 Å². The Hall–Kier alpha value is -3.21. The third-order valence-electron chi connectivity index (χ3n) is 3.73. The average Bonchev–Trinajstić information content (AvgIpc) is 2.86.